The number of carbonyl (C=O) groups excluding carboxylic acids is 1. The molecular weight excluding hydrogens is 243 g/mol. The number of fused-ring (bicyclic) bond motifs is 1. The molecule has 1 aliphatic heterocycles. The summed E-state index contributed by atoms with van der Waals surface area (Å²) in [7, 11) is 0. The predicted octanol–water partition coefficient (Wildman–Crippen LogP) is 3.04. The molecule has 0 fully saturated rings. The van der Waals surface area contributed by atoms with Crippen molar-refractivity contribution in [1.29, 1.82) is 0 Å². The molecule has 1 aromatic carbocycles. The van der Waals surface area contributed by atoms with Crippen LogP contribution in [0.15, 0.2) is 12.1 Å². The number of carbonyl (C=O) groups is 1. The second-order valence-corrected chi connectivity index (χ2v) is 4.62. The third-order valence-electron chi connectivity index (χ3n) is 3.06. The summed E-state index contributed by atoms with van der Waals surface area (Å²) in [6.07, 6.45) is 0.904. The van der Waals surface area contributed by atoms with Crippen LogP contribution in [-0.4, -0.2) is 18.5 Å². The maximum atomic E-state index is 13.3. The Hall–Kier alpha value is -1.29. The molecule has 1 aliphatic rings. The molecule has 0 saturated heterocycles. The van der Waals surface area contributed by atoms with Gasteiger partial charge in [0.2, 0.25) is 5.91 Å². The molecule has 3 nitrogen and oxygen atoms in total. The van der Waals surface area contributed by atoms with E-state index in [1.807, 2.05) is 18.7 Å². The van der Waals surface area contributed by atoms with E-state index in [-0.39, 0.29) is 23.5 Å². The zero-order chi connectivity index (χ0) is 12.6. The van der Waals surface area contributed by atoms with Gasteiger partial charge in [0.05, 0.1) is 22.9 Å². The van der Waals surface area contributed by atoms with Crippen LogP contribution in [0.5, 0.6) is 0 Å². The minimum atomic E-state index is -0.517. The van der Waals surface area contributed by atoms with Crippen molar-refractivity contribution in [2.75, 3.05) is 16.8 Å². The molecule has 1 N–H and O–H groups in total. The Morgan fingerprint density at radius 3 is 2.94 bits per heavy atom. The molecule has 0 aliphatic carbocycles. The SMILES string of the molecule is CCC(C)N1CC(=O)Nc2cc(F)c(Cl)cc21. The Kier molecular flexibility index (Phi) is 3.24. The second kappa shape index (κ2) is 4.53. The molecule has 1 heterocycles. The first-order valence-corrected chi connectivity index (χ1v) is 5.96. The van der Waals surface area contributed by atoms with Crippen LogP contribution in [-0.2, 0) is 4.79 Å². The highest BCUT2D eigenvalue weighted by Gasteiger charge is 2.26. The zero-order valence-electron chi connectivity index (χ0n) is 9.76. The van der Waals surface area contributed by atoms with Crippen molar-refractivity contribution in [2.24, 2.45) is 0 Å². The smallest absolute Gasteiger partial charge is 0.243 e. The quantitative estimate of drug-likeness (QED) is 0.882. The molecule has 1 atom stereocenters. The highest BCUT2D eigenvalue weighted by molar-refractivity contribution is 6.31. The van der Waals surface area contributed by atoms with Crippen molar-refractivity contribution >= 4 is 28.9 Å². The number of hydrogen-bond donors (Lipinski definition) is 1. The molecule has 0 aromatic heterocycles. The number of halogens is 2. The van der Waals surface area contributed by atoms with Gasteiger partial charge in [0.1, 0.15) is 5.82 Å². The molecular formula is C12H14ClFN2O. The molecule has 1 aromatic rings. The predicted molar refractivity (Wildman–Crippen MR) is 67.1 cm³/mol. The van der Waals surface area contributed by atoms with E-state index in [9.17, 15) is 9.18 Å². The summed E-state index contributed by atoms with van der Waals surface area (Å²) in [4.78, 5) is 13.5. The van der Waals surface area contributed by atoms with Gasteiger partial charge in [0.15, 0.2) is 0 Å². The van der Waals surface area contributed by atoms with Gasteiger partial charge in [-0.25, -0.2) is 4.39 Å². The topological polar surface area (TPSA) is 32.3 Å². The van der Waals surface area contributed by atoms with Crippen molar-refractivity contribution in [3.05, 3.63) is 23.0 Å². The van der Waals surface area contributed by atoms with Crippen molar-refractivity contribution in [3.63, 3.8) is 0 Å². The molecule has 1 unspecified atom stereocenters. The third kappa shape index (κ3) is 2.22. The Labute approximate surface area is 105 Å². The molecule has 5 heteroatoms. The Balaban J connectivity index is 2.48. The van der Waals surface area contributed by atoms with Gasteiger partial charge in [-0.3, -0.25) is 4.79 Å². The molecule has 0 spiro atoms. The summed E-state index contributed by atoms with van der Waals surface area (Å²) in [5.41, 5.74) is 1.27. The van der Waals surface area contributed by atoms with E-state index in [2.05, 4.69) is 5.32 Å². The largest absolute Gasteiger partial charge is 0.358 e. The molecule has 2 rings (SSSR count). The summed E-state index contributed by atoms with van der Waals surface area (Å²) in [6, 6.07) is 3.04. The van der Waals surface area contributed by atoms with Crippen LogP contribution >= 0.6 is 11.6 Å². The normalized spacial score (nSPS) is 16.5. The lowest BCUT2D eigenvalue weighted by Gasteiger charge is -2.35. The Morgan fingerprint density at radius 2 is 2.29 bits per heavy atom. The van der Waals surface area contributed by atoms with Crippen LogP contribution in [0.2, 0.25) is 5.02 Å². The number of nitrogens with zero attached hydrogens (tertiary/aromatic N) is 1. The summed E-state index contributed by atoms with van der Waals surface area (Å²) in [5, 5.41) is 2.73. The lowest BCUT2D eigenvalue weighted by molar-refractivity contribution is -0.115. The van der Waals surface area contributed by atoms with Gasteiger partial charge < -0.3 is 10.2 Å². The highest BCUT2D eigenvalue weighted by Crippen LogP contribution is 2.35. The second-order valence-electron chi connectivity index (χ2n) is 4.22. The lowest BCUT2D eigenvalue weighted by Crippen LogP contribution is -2.43. The maximum Gasteiger partial charge on any atom is 0.243 e. The van der Waals surface area contributed by atoms with Gasteiger partial charge in [-0.05, 0) is 19.4 Å². The summed E-state index contributed by atoms with van der Waals surface area (Å²) in [5.74, 6) is -0.642. The van der Waals surface area contributed by atoms with Crippen LogP contribution in [0.25, 0.3) is 0 Å². The first kappa shape index (κ1) is 12.2. The standard InChI is InChI=1S/C12H14ClFN2O/c1-3-7(2)16-6-12(17)15-10-5-9(14)8(13)4-11(10)16/h4-5,7H,3,6H2,1-2H3,(H,15,17). The van der Waals surface area contributed by atoms with Crippen molar-refractivity contribution in [1.82, 2.24) is 0 Å². The Bertz CT molecular complexity index is 464. The number of rotatable bonds is 2. The van der Waals surface area contributed by atoms with Crippen LogP contribution in [0.1, 0.15) is 20.3 Å². The molecule has 0 radical (unpaired) electrons. The zero-order valence-corrected chi connectivity index (χ0v) is 10.5. The number of anilines is 2. The summed E-state index contributed by atoms with van der Waals surface area (Å²) in [6.45, 7) is 4.35. The van der Waals surface area contributed by atoms with E-state index in [0.29, 0.717) is 5.69 Å². The lowest BCUT2D eigenvalue weighted by atomic mass is 10.1. The van der Waals surface area contributed by atoms with E-state index >= 15 is 0 Å². The van der Waals surface area contributed by atoms with Gasteiger partial charge in [-0.15, -0.1) is 0 Å². The van der Waals surface area contributed by atoms with E-state index < -0.39 is 5.82 Å². The molecule has 92 valence electrons. The summed E-state index contributed by atoms with van der Waals surface area (Å²) >= 11 is 5.78. The van der Waals surface area contributed by atoms with E-state index in [0.717, 1.165) is 12.1 Å². The van der Waals surface area contributed by atoms with Gasteiger partial charge >= 0.3 is 0 Å². The average Bonchev–Trinajstić information content (AvgIpc) is 2.29. The van der Waals surface area contributed by atoms with Gasteiger partial charge in [-0.1, -0.05) is 18.5 Å². The monoisotopic (exact) mass is 256 g/mol. The summed E-state index contributed by atoms with van der Waals surface area (Å²) < 4.78 is 13.3. The fourth-order valence-electron chi connectivity index (χ4n) is 1.92. The number of hydrogen-bond acceptors (Lipinski definition) is 2. The average molecular weight is 257 g/mol. The van der Waals surface area contributed by atoms with Gasteiger partial charge in [-0.2, -0.15) is 0 Å². The minimum absolute atomic E-state index is 0.0770. The van der Waals surface area contributed by atoms with Crippen molar-refractivity contribution in [2.45, 2.75) is 26.3 Å². The van der Waals surface area contributed by atoms with Crippen LogP contribution in [0.4, 0.5) is 15.8 Å². The van der Waals surface area contributed by atoms with Crippen LogP contribution < -0.4 is 10.2 Å². The van der Waals surface area contributed by atoms with E-state index in [1.165, 1.54) is 6.07 Å². The molecule has 0 saturated carbocycles. The van der Waals surface area contributed by atoms with Crippen LogP contribution in [0, 0.1) is 5.82 Å². The van der Waals surface area contributed by atoms with Gasteiger partial charge in [0, 0.05) is 12.1 Å². The number of amides is 1. The fourth-order valence-corrected chi connectivity index (χ4v) is 2.08. The minimum Gasteiger partial charge on any atom is -0.358 e. The first-order valence-electron chi connectivity index (χ1n) is 5.58. The molecule has 0 bridgehead atoms. The van der Waals surface area contributed by atoms with E-state index in [1.54, 1.807) is 6.07 Å². The van der Waals surface area contributed by atoms with Crippen LogP contribution in [0.3, 0.4) is 0 Å². The maximum absolute atomic E-state index is 13.3. The number of nitrogens with one attached hydrogen (secondary N) is 1. The van der Waals surface area contributed by atoms with E-state index in [4.69, 9.17) is 11.6 Å². The fraction of sp³-hybridized carbons (Fsp3) is 0.417. The van der Waals surface area contributed by atoms with Crippen molar-refractivity contribution in [3.8, 4) is 0 Å². The molecule has 17 heavy (non-hydrogen) atoms. The molecule has 1 amide bonds. The van der Waals surface area contributed by atoms with Crippen molar-refractivity contribution < 1.29 is 9.18 Å². The third-order valence-corrected chi connectivity index (χ3v) is 3.35. The van der Waals surface area contributed by atoms with Gasteiger partial charge in [0.25, 0.3) is 0 Å². The highest BCUT2D eigenvalue weighted by atomic mass is 35.5. The first-order chi connectivity index (χ1) is 8.02. The number of benzene rings is 1. The Morgan fingerprint density at radius 1 is 1.59 bits per heavy atom.